The summed E-state index contributed by atoms with van der Waals surface area (Å²) in [5.74, 6) is 2.46. The number of halogens is 2. The van der Waals surface area contributed by atoms with Gasteiger partial charge in [0.25, 0.3) is 0 Å². The molecule has 0 heterocycles. The molecule has 7 heteroatoms. The van der Waals surface area contributed by atoms with Gasteiger partial charge < -0.3 is 20.4 Å². The number of unbranched alkanes of at least 4 members (excludes halogenated alkanes) is 1. The summed E-state index contributed by atoms with van der Waals surface area (Å²) in [7, 11) is 0.628. The monoisotopic (exact) mass is 1040 g/mol. The zero-order valence-corrected chi connectivity index (χ0v) is 42.2. The normalized spacial score (nSPS) is 23.9. The Hall–Kier alpha value is -1.88. The Bertz CT molecular complexity index is 1540. The van der Waals surface area contributed by atoms with Gasteiger partial charge in [-0.3, -0.25) is 0 Å². The Kier molecular flexibility index (Phi) is 21.9. The van der Waals surface area contributed by atoms with Gasteiger partial charge in [-0.2, -0.15) is 0 Å². The van der Waals surface area contributed by atoms with Crippen molar-refractivity contribution >= 4 is 40.0 Å². The summed E-state index contributed by atoms with van der Waals surface area (Å²) in [5.41, 5.74) is 6.05. The van der Waals surface area contributed by atoms with Crippen LogP contribution in [0.25, 0.3) is 0 Å². The van der Waals surface area contributed by atoms with Crippen LogP contribution in [-0.2, 0) is 31.1 Å². The Morgan fingerprint density at radius 2 is 0.632 bits per heavy atom. The minimum absolute atomic E-state index is 0.170. The molecule has 57 heavy (non-hydrogen) atoms. The van der Waals surface area contributed by atoms with E-state index in [0.717, 1.165) is 51.4 Å². The first-order valence-corrected chi connectivity index (χ1v) is 30.2. The maximum atomic E-state index is 9.61. The molecule has 0 radical (unpaired) electrons. The molecule has 6 rings (SSSR count). The van der Waals surface area contributed by atoms with E-state index in [1.165, 1.54) is 35.1 Å². The van der Waals surface area contributed by atoms with Gasteiger partial charge >= 0.3 is 49.4 Å². The molecule has 2 saturated carbocycles. The fourth-order valence-electron chi connectivity index (χ4n) is 8.79. The molecule has 0 aliphatic heterocycles. The molecule has 4 N–H and O–H groups in total. The van der Waals surface area contributed by atoms with Gasteiger partial charge in [0.05, 0.1) is 0 Å². The Labute approximate surface area is 375 Å². The quantitative estimate of drug-likeness (QED) is 0.139. The van der Waals surface area contributed by atoms with Crippen LogP contribution in [0.3, 0.4) is 0 Å². The van der Waals surface area contributed by atoms with Crippen molar-refractivity contribution in [1.82, 2.24) is 0 Å². The van der Waals surface area contributed by atoms with Gasteiger partial charge in [0.1, 0.15) is 23.0 Å². The second kappa shape index (κ2) is 24.4. The number of phenols is 4. The van der Waals surface area contributed by atoms with Crippen LogP contribution in [0.2, 0.25) is 0 Å². The second-order valence-corrected chi connectivity index (χ2v) is 28.8. The van der Waals surface area contributed by atoms with Crippen molar-refractivity contribution in [3.63, 3.8) is 0 Å². The molecule has 0 saturated heterocycles. The van der Waals surface area contributed by atoms with Crippen molar-refractivity contribution in [2.75, 3.05) is 0 Å². The summed E-state index contributed by atoms with van der Waals surface area (Å²) >= 11 is 4.74. The molecule has 0 spiro atoms. The first-order chi connectivity index (χ1) is 27.0. The van der Waals surface area contributed by atoms with E-state index >= 15 is 0 Å². The summed E-state index contributed by atoms with van der Waals surface area (Å²) in [4.78, 5) is 0. The molecule has 2 aliphatic carbocycles. The number of rotatable bonds is 7. The third kappa shape index (κ3) is 13.8. The van der Waals surface area contributed by atoms with Crippen LogP contribution in [0.15, 0.2) is 97.1 Å². The third-order valence-corrected chi connectivity index (χ3v) is 13.2. The van der Waals surface area contributed by atoms with E-state index in [-0.39, 0.29) is 21.7 Å². The zero-order valence-electron chi connectivity index (χ0n) is 36.5. The van der Waals surface area contributed by atoms with E-state index in [9.17, 15) is 20.4 Å². The molecule has 4 nitrogen and oxygen atoms in total. The standard InChI is InChI=1S/2C22H28O2.C4H10.C2H6.2HI.V/c2*1-16(2)22(18-6-10-20(24)11-7-18)14-12-21(3,13-15-22)17-4-8-19(23)9-5-17;1-3-4-2;1-2;;;/h2*4-11,16,23-24H,12-15H2,1-3H3;3-4H2,1-2H3;1-2H3;2*1H;/q;;;;;;+2/p-2. The molecular formula is C50H72I2O4V. The van der Waals surface area contributed by atoms with Crippen LogP contribution in [-0.4, -0.2) is 20.4 Å². The van der Waals surface area contributed by atoms with Crippen LogP contribution in [0.5, 0.6) is 23.0 Å². The van der Waals surface area contributed by atoms with E-state index in [2.05, 4.69) is 144 Å². The van der Waals surface area contributed by atoms with Gasteiger partial charge in [0, 0.05) is 0 Å². The van der Waals surface area contributed by atoms with Crippen LogP contribution >= 0.6 is 40.0 Å². The van der Waals surface area contributed by atoms with Crippen LogP contribution < -0.4 is 0 Å². The Morgan fingerprint density at radius 3 is 0.807 bits per heavy atom. The fourth-order valence-corrected chi connectivity index (χ4v) is 8.79. The topological polar surface area (TPSA) is 80.9 Å². The molecule has 2 fully saturated rings. The van der Waals surface area contributed by atoms with Gasteiger partial charge in [0.15, 0.2) is 0 Å². The first kappa shape index (κ1) is 51.3. The number of aromatic hydroxyl groups is 4. The van der Waals surface area contributed by atoms with Crippen molar-refractivity contribution < 1.29 is 29.9 Å². The number of hydrogen-bond acceptors (Lipinski definition) is 4. The zero-order chi connectivity index (χ0) is 42.9. The van der Waals surface area contributed by atoms with Crippen LogP contribution in [0.1, 0.15) is 156 Å². The summed E-state index contributed by atoms with van der Waals surface area (Å²) in [6.45, 7) is 22.3. The number of hydrogen-bond donors (Lipinski definition) is 4. The first-order valence-electron chi connectivity index (χ1n) is 21.1. The number of phenolic OH excluding ortho intramolecular Hbond substituents is 4. The minimum atomic E-state index is 0.170. The molecule has 4 aromatic rings. The molecule has 0 atom stereocenters. The van der Waals surface area contributed by atoms with E-state index in [1.807, 2.05) is 38.1 Å². The molecule has 0 bridgehead atoms. The molecule has 4 aromatic carbocycles. The molecule has 315 valence electrons. The second-order valence-electron chi connectivity index (χ2n) is 17.0. The van der Waals surface area contributed by atoms with E-state index < -0.39 is 0 Å². The van der Waals surface area contributed by atoms with Crippen molar-refractivity contribution in [3.8, 4) is 23.0 Å². The predicted molar refractivity (Wildman–Crippen MR) is 257 cm³/mol. The maximum absolute atomic E-state index is 9.61. The van der Waals surface area contributed by atoms with Crippen molar-refractivity contribution in [2.45, 2.75) is 155 Å². The molecular weight excluding hydrogens is 969 g/mol. The van der Waals surface area contributed by atoms with Gasteiger partial charge in [0.2, 0.25) is 0 Å². The van der Waals surface area contributed by atoms with E-state index in [1.54, 1.807) is 24.3 Å². The summed E-state index contributed by atoms with van der Waals surface area (Å²) in [6, 6.07) is 31.1. The predicted octanol–water partition coefficient (Wildman–Crippen LogP) is 15.6. The van der Waals surface area contributed by atoms with Gasteiger partial charge in [-0.15, -0.1) is 0 Å². The average molecular weight is 1040 g/mol. The van der Waals surface area contributed by atoms with Gasteiger partial charge in [-0.25, -0.2) is 0 Å². The Morgan fingerprint density at radius 1 is 0.439 bits per heavy atom. The van der Waals surface area contributed by atoms with Crippen LogP contribution in [0.4, 0.5) is 0 Å². The molecule has 0 aromatic heterocycles. The van der Waals surface area contributed by atoms with Gasteiger partial charge in [-0.05, 0) is 156 Å². The van der Waals surface area contributed by atoms with Crippen molar-refractivity contribution in [1.29, 1.82) is 0 Å². The SMILES string of the molecule is CC.CC(C)C1(c2ccc(O)cc2)CCC(C)(c2ccc(O)cc2)CC1.CC(C)C1(c2ccc(O)cc2)CCC(C)(c2ccc(O)cc2)CC1.CCCC.[I][V][I]. The van der Waals surface area contributed by atoms with E-state index in [0.29, 0.717) is 44.3 Å². The third-order valence-electron chi connectivity index (χ3n) is 13.2. The number of benzene rings is 4. The summed E-state index contributed by atoms with van der Waals surface area (Å²) < 4.78 is 0. The van der Waals surface area contributed by atoms with Gasteiger partial charge in [-0.1, -0.05) is 131 Å². The van der Waals surface area contributed by atoms with Crippen LogP contribution in [0, 0.1) is 11.8 Å². The molecule has 0 amide bonds. The van der Waals surface area contributed by atoms with Crippen molar-refractivity contribution in [3.05, 3.63) is 119 Å². The Balaban J connectivity index is 0.000000326. The average Bonchev–Trinajstić information content (AvgIpc) is 3.21. The molecule has 2 aliphatic rings. The summed E-state index contributed by atoms with van der Waals surface area (Å²) in [6.07, 6.45) is 11.8. The summed E-state index contributed by atoms with van der Waals surface area (Å²) in [5, 5.41) is 38.3. The van der Waals surface area contributed by atoms with E-state index in [4.69, 9.17) is 0 Å². The molecule has 0 unspecified atom stereocenters. The van der Waals surface area contributed by atoms with Crippen molar-refractivity contribution in [2.24, 2.45) is 11.8 Å². The fraction of sp³-hybridized carbons (Fsp3) is 0.520.